The third kappa shape index (κ3) is 8.89. The first kappa shape index (κ1) is 15.9. The Kier molecular flexibility index (Phi) is 7.87. The molecule has 1 saturated heterocycles. The first-order chi connectivity index (χ1) is 12.7. The number of carbonyl (C=O) groups is 2. The Balaban J connectivity index is 2.79. The standard InChI is InChI=1S/C18H33N3O3/c1-3-15-12-10-8-6-4-5-7-9-11-13-16(22)20-18(19)21(2)14-17(23)24-15/h15H,3-14H2,1-2H3,(H2,19,20,22)/i2D3. The average molecular weight is 342 g/mol. The summed E-state index contributed by atoms with van der Waals surface area (Å²) in [6.07, 6.45) is 9.62. The zero-order chi connectivity index (χ0) is 20.3. The minimum absolute atomic E-state index is 0.236. The van der Waals surface area contributed by atoms with Gasteiger partial charge in [0, 0.05) is 17.5 Å². The van der Waals surface area contributed by atoms with Crippen molar-refractivity contribution in [2.45, 2.75) is 83.7 Å². The number of nitrogens with one attached hydrogen (secondary N) is 2. The Bertz CT molecular complexity index is 498. The highest BCUT2D eigenvalue weighted by Gasteiger charge is 2.17. The van der Waals surface area contributed by atoms with Crippen molar-refractivity contribution in [3.8, 4) is 0 Å². The van der Waals surface area contributed by atoms with E-state index in [9.17, 15) is 9.59 Å². The molecule has 1 atom stereocenters. The van der Waals surface area contributed by atoms with Crippen LogP contribution in [-0.4, -0.2) is 42.4 Å². The van der Waals surface area contributed by atoms with E-state index in [0.717, 1.165) is 44.9 Å². The number of guanidine groups is 1. The molecule has 0 bridgehead atoms. The van der Waals surface area contributed by atoms with Gasteiger partial charge < -0.3 is 9.64 Å². The van der Waals surface area contributed by atoms with Gasteiger partial charge in [0.15, 0.2) is 5.96 Å². The molecule has 1 aliphatic heterocycles. The summed E-state index contributed by atoms with van der Waals surface area (Å²) in [5.74, 6) is -1.70. The number of cyclic esters (lactones) is 1. The van der Waals surface area contributed by atoms with E-state index in [0.29, 0.717) is 17.7 Å². The summed E-state index contributed by atoms with van der Waals surface area (Å²) in [5, 5.41) is 10.2. The molecular weight excluding hydrogens is 306 g/mol. The van der Waals surface area contributed by atoms with Gasteiger partial charge in [-0.2, -0.15) is 0 Å². The van der Waals surface area contributed by atoms with E-state index in [4.69, 9.17) is 14.3 Å². The molecular formula is C18H33N3O3. The fourth-order valence-corrected chi connectivity index (χ4v) is 2.76. The monoisotopic (exact) mass is 342 g/mol. The van der Waals surface area contributed by atoms with Crippen LogP contribution in [0.4, 0.5) is 0 Å². The van der Waals surface area contributed by atoms with Gasteiger partial charge in [-0.05, 0) is 25.7 Å². The minimum atomic E-state index is -2.72. The molecule has 0 aromatic heterocycles. The van der Waals surface area contributed by atoms with Crippen LogP contribution < -0.4 is 5.32 Å². The van der Waals surface area contributed by atoms with Crippen molar-refractivity contribution in [1.82, 2.24) is 10.2 Å². The Hall–Kier alpha value is -1.59. The number of hydrogen-bond acceptors (Lipinski definition) is 4. The van der Waals surface area contributed by atoms with Gasteiger partial charge in [-0.25, -0.2) is 0 Å². The Morgan fingerprint density at radius 1 is 1.17 bits per heavy atom. The van der Waals surface area contributed by atoms with Gasteiger partial charge >= 0.3 is 5.97 Å². The van der Waals surface area contributed by atoms with Crippen molar-refractivity contribution in [1.29, 1.82) is 5.41 Å². The molecule has 1 heterocycles. The lowest BCUT2D eigenvalue weighted by Gasteiger charge is -2.22. The minimum Gasteiger partial charge on any atom is -0.461 e. The predicted octanol–water partition coefficient (Wildman–Crippen LogP) is 3.21. The maximum Gasteiger partial charge on any atom is 0.325 e. The van der Waals surface area contributed by atoms with E-state index >= 15 is 0 Å². The van der Waals surface area contributed by atoms with Crippen LogP contribution in [-0.2, 0) is 14.3 Å². The highest BCUT2D eigenvalue weighted by Crippen LogP contribution is 2.14. The van der Waals surface area contributed by atoms with Gasteiger partial charge in [-0.1, -0.05) is 45.4 Å². The number of likely N-dealkylation sites (N-methyl/N-ethyl adjacent to an activating group) is 1. The maximum atomic E-state index is 12.2. The topological polar surface area (TPSA) is 82.5 Å². The van der Waals surface area contributed by atoms with E-state index in [1.54, 1.807) is 0 Å². The van der Waals surface area contributed by atoms with Gasteiger partial charge in [-0.3, -0.25) is 20.3 Å². The van der Waals surface area contributed by atoms with E-state index in [-0.39, 0.29) is 12.5 Å². The van der Waals surface area contributed by atoms with Crippen LogP contribution in [0.1, 0.15) is 81.7 Å². The Morgan fingerprint density at radius 2 is 1.79 bits per heavy atom. The zero-order valence-electron chi connectivity index (χ0n) is 17.7. The summed E-state index contributed by atoms with van der Waals surface area (Å²) >= 11 is 0. The second kappa shape index (κ2) is 11.9. The van der Waals surface area contributed by atoms with E-state index in [1.165, 1.54) is 6.42 Å². The van der Waals surface area contributed by atoms with Gasteiger partial charge in [0.1, 0.15) is 12.6 Å². The van der Waals surface area contributed by atoms with Gasteiger partial charge in [0.25, 0.3) is 0 Å². The van der Waals surface area contributed by atoms with E-state index in [1.807, 2.05) is 6.92 Å². The lowest BCUT2D eigenvalue weighted by atomic mass is 10.0. The fourth-order valence-electron chi connectivity index (χ4n) is 2.76. The van der Waals surface area contributed by atoms with Crippen molar-refractivity contribution < 1.29 is 18.4 Å². The van der Waals surface area contributed by atoms with Crippen LogP contribution in [0.15, 0.2) is 0 Å². The normalized spacial score (nSPS) is 26.2. The van der Waals surface area contributed by atoms with Crippen molar-refractivity contribution in [3.05, 3.63) is 0 Å². The van der Waals surface area contributed by atoms with Crippen molar-refractivity contribution >= 4 is 17.8 Å². The molecule has 1 fully saturated rings. The highest BCUT2D eigenvalue weighted by atomic mass is 16.5. The summed E-state index contributed by atoms with van der Waals surface area (Å²) in [6, 6.07) is 0. The summed E-state index contributed by atoms with van der Waals surface area (Å²) in [6.45, 7) is -1.38. The SMILES string of the molecule is [2H]C([2H])([2H])N1CC(=O)OC(CC)CCCCCCCCCCC(=O)NC1=N. The smallest absolute Gasteiger partial charge is 0.325 e. The maximum absolute atomic E-state index is 12.2. The first-order valence-electron chi connectivity index (χ1n) is 10.6. The molecule has 1 unspecified atom stereocenters. The lowest BCUT2D eigenvalue weighted by molar-refractivity contribution is -0.149. The summed E-state index contributed by atoms with van der Waals surface area (Å²) < 4.78 is 28.1. The van der Waals surface area contributed by atoms with Crippen molar-refractivity contribution in [2.75, 3.05) is 13.5 Å². The molecule has 1 amide bonds. The van der Waals surface area contributed by atoms with Crippen LogP contribution in [0.25, 0.3) is 0 Å². The van der Waals surface area contributed by atoms with Crippen molar-refractivity contribution in [2.24, 2.45) is 0 Å². The fraction of sp³-hybridized carbons (Fsp3) is 0.833. The van der Waals surface area contributed by atoms with Crippen molar-refractivity contribution in [3.63, 3.8) is 0 Å². The summed E-state index contributed by atoms with van der Waals surface area (Å²) in [5.41, 5.74) is 0. The molecule has 0 spiro atoms. The number of esters is 1. The first-order valence-corrected chi connectivity index (χ1v) is 9.09. The van der Waals surface area contributed by atoms with Crippen LogP contribution in [0.5, 0.6) is 0 Å². The van der Waals surface area contributed by atoms with E-state index < -0.39 is 31.4 Å². The van der Waals surface area contributed by atoms with Gasteiger partial charge in [0.05, 0.1) is 0 Å². The Labute approximate surface area is 150 Å². The van der Waals surface area contributed by atoms with Crippen LogP contribution in [0.3, 0.4) is 0 Å². The largest absolute Gasteiger partial charge is 0.461 e. The van der Waals surface area contributed by atoms with Crippen LogP contribution in [0, 0.1) is 5.41 Å². The molecule has 0 saturated carbocycles. The van der Waals surface area contributed by atoms with Gasteiger partial charge in [0.2, 0.25) is 5.91 Å². The van der Waals surface area contributed by atoms with Gasteiger partial charge in [-0.15, -0.1) is 0 Å². The Morgan fingerprint density at radius 3 is 2.42 bits per heavy atom. The molecule has 2 N–H and O–H groups in total. The second-order valence-corrected chi connectivity index (χ2v) is 6.37. The number of hydrogen-bond donors (Lipinski definition) is 2. The predicted molar refractivity (Wildman–Crippen MR) is 94.8 cm³/mol. The molecule has 0 radical (unpaired) electrons. The van der Waals surface area contributed by atoms with Crippen LogP contribution >= 0.6 is 0 Å². The third-order valence-electron chi connectivity index (χ3n) is 4.25. The summed E-state index contributed by atoms with van der Waals surface area (Å²) in [4.78, 5) is 24.8. The molecule has 1 aliphatic rings. The molecule has 1 rings (SSSR count). The quantitative estimate of drug-likeness (QED) is 0.717. The molecule has 0 aromatic rings. The number of carbonyl (C=O) groups excluding carboxylic acids is 2. The molecule has 138 valence electrons. The number of rotatable bonds is 1. The van der Waals surface area contributed by atoms with Crippen LogP contribution in [0.2, 0.25) is 0 Å². The molecule has 0 aromatic carbocycles. The highest BCUT2D eigenvalue weighted by molar-refractivity contribution is 5.96. The third-order valence-corrected chi connectivity index (χ3v) is 4.25. The molecule has 0 aliphatic carbocycles. The number of amides is 1. The molecule has 24 heavy (non-hydrogen) atoms. The molecule has 6 nitrogen and oxygen atoms in total. The number of ether oxygens (including phenoxy) is 1. The average Bonchev–Trinajstić information content (AvgIpc) is 2.58. The van der Waals surface area contributed by atoms with E-state index in [2.05, 4.69) is 5.32 Å². The zero-order valence-corrected chi connectivity index (χ0v) is 14.7. The lowest BCUT2D eigenvalue weighted by Crippen LogP contribution is -2.44. The molecule has 6 heteroatoms. The number of nitrogens with zero attached hydrogens (tertiary/aromatic N) is 1. The second-order valence-electron chi connectivity index (χ2n) is 6.37. The summed E-state index contributed by atoms with van der Waals surface area (Å²) in [7, 11) is 0.